The lowest BCUT2D eigenvalue weighted by atomic mass is 10.1. The Hall–Kier alpha value is -3.31. The van der Waals surface area contributed by atoms with Crippen molar-refractivity contribution in [3.05, 3.63) is 65.2 Å². The van der Waals surface area contributed by atoms with Crippen LogP contribution in [0.2, 0.25) is 0 Å². The Balaban J connectivity index is 1.76. The SMILES string of the molecule is CC[C@@H](C)NC(=O)c1ccccc1NS(=O)(=O)c1nnc(NC(=O)c2ccc(C)cc2)s1. The van der Waals surface area contributed by atoms with Crippen LogP contribution in [0, 0.1) is 6.92 Å². The van der Waals surface area contributed by atoms with Crippen LogP contribution in [-0.4, -0.2) is 36.5 Å². The maximum absolute atomic E-state index is 12.8. The molecular weight excluding hydrogens is 450 g/mol. The minimum atomic E-state index is -4.12. The highest BCUT2D eigenvalue weighted by atomic mass is 32.2. The standard InChI is InChI=1S/C21H23N5O4S2/c1-4-14(3)22-19(28)16-7-5-6-8-17(16)26-32(29,30)21-25-24-20(31-21)23-18(27)15-11-9-13(2)10-12-15/h5-12,14,26H,4H2,1-3H3,(H,22,28)(H,23,24,27)/t14-/m1/s1. The van der Waals surface area contributed by atoms with Gasteiger partial charge in [0.15, 0.2) is 0 Å². The van der Waals surface area contributed by atoms with E-state index in [-0.39, 0.29) is 32.7 Å². The maximum Gasteiger partial charge on any atom is 0.291 e. The summed E-state index contributed by atoms with van der Waals surface area (Å²) in [6.45, 7) is 5.70. The first-order valence-corrected chi connectivity index (χ1v) is 12.1. The average molecular weight is 474 g/mol. The molecule has 0 aliphatic heterocycles. The van der Waals surface area contributed by atoms with Crippen LogP contribution < -0.4 is 15.4 Å². The summed E-state index contributed by atoms with van der Waals surface area (Å²) in [7, 11) is -4.12. The fourth-order valence-electron chi connectivity index (χ4n) is 2.61. The van der Waals surface area contributed by atoms with E-state index in [1.54, 1.807) is 36.4 Å². The van der Waals surface area contributed by atoms with Gasteiger partial charge in [0.05, 0.1) is 11.3 Å². The van der Waals surface area contributed by atoms with Crippen molar-refractivity contribution in [3.63, 3.8) is 0 Å². The van der Waals surface area contributed by atoms with Crippen molar-refractivity contribution in [2.24, 2.45) is 0 Å². The van der Waals surface area contributed by atoms with Gasteiger partial charge in [0, 0.05) is 11.6 Å². The first-order valence-electron chi connectivity index (χ1n) is 9.84. The van der Waals surface area contributed by atoms with Gasteiger partial charge in [0.1, 0.15) is 0 Å². The minimum absolute atomic E-state index is 0.0405. The van der Waals surface area contributed by atoms with Gasteiger partial charge in [-0.3, -0.25) is 19.6 Å². The number of para-hydroxylation sites is 1. The van der Waals surface area contributed by atoms with Crippen LogP contribution >= 0.6 is 11.3 Å². The van der Waals surface area contributed by atoms with Crippen molar-refractivity contribution in [3.8, 4) is 0 Å². The zero-order valence-corrected chi connectivity index (χ0v) is 19.4. The van der Waals surface area contributed by atoms with Gasteiger partial charge in [-0.1, -0.05) is 48.1 Å². The van der Waals surface area contributed by atoms with E-state index in [0.29, 0.717) is 16.9 Å². The van der Waals surface area contributed by atoms with E-state index >= 15 is 0 Å². The molecule has 11 heteroatoms. The Morgan fingerprint density at radius 1 is 1.03 bits per heavy atom. The highest BCUT2D eigenvalue weighted by Crippen LogP contribution is 2.25. The topological polar surface area (TPSA) is 130 Å². The van der Waals surface area contributed by atoms with E-state index in [0.717, 1.165) is 12.0 Å². The second kappa shape index (κ2) is 9.88. The molecule has 3 aromatic rings. The molecule has 0 saturated heterocycles. The lowest BCUT2D eigenvalue weighted by molar-refractivity contribution is 0.0939. The van der Waals surface area contributed by atoms with Gasteiger partial charge in [0.25, 0.3) is 26.2 Å². The number of hydrogen-bond donors (Lipinski definition) is 3. The molecule has 0 saturated carbocycles. The van der Waals surface area contributed by atoms with E-state index < -0.39 is 15.9 Å². The van der Waals surface area contributed by atoms with Crippen LogP contribution in [0.15, 0.2) is 52.9 Å². The number of nitrogens with zero attached hydrogens (tertiary/aromatic N) is 2. The molecule has 1 aromatic heterocycles. The van der Waals surface area contributed by atoms with Crippen molar-refractivity contribution in [1.29, 1.82) is 0 Å². The zero-order chi connectivity index (χ0) is 23.3. The Morgan fingerprint density at radius 3 is 2.41 bits per heavy atom. The normalized spacial score (nSPS) is 12.1. The number of carbonyl (C=O) groups excluding carboxylic acids is 2. The van der Waals surface area contributed by atoms with Crippen LogP contribution in [-0.2, 0) is 10.0 Å². The number of benzene rings is 2. The first-order chi connectivity index (χ1) is 15.2. The van der Waals surface area contributed by atoms with E-state index in [9.17, 15) is 18.0 Å². The molecule has 0 radical (unpaired) electrons. The average Bonchev–Trinajstić information content (AvgIpc) is 3.23. The Labute approximate surface area is 190 Å². The smallest absolute Gasteiger partial charge is 0.291 e. The predicted molar refractivity (Wildman–Crippen MR) is 124 cm³/mol. The Bertz CT molecular complexity index is 1220. The molecule has 0 bridgehead atoms. The van der Waals surface area contributed by atoms with E-state index in [2.05, 4.69) is 25.6 Å². The summed E-state index contributed by atoms with van der Waals surface area (Å²) in [4.78, 5) is 24.8. The van der Waals surface area contributed by atoms with Crippen molar-refractivity contribution in [1.82, 2.24) is 15.5 Å². The van der Waals surface area contributed by atoms with Gasteiger partial charge in [-0.25, -0.2) is 0 Å². The van der Waals surface area contributed by atoms with Crippen molar-refractivity contribution < 1.29 is 18.0 Å². The van der Waals surface area contributed by atoms with E-state index in [4.69, 9.17) is 0 Å². The van der Waals surface area contributed by atoms with E-state index in [1.165, 1.54) is 12.1 Å². The summed E-state index contributed by atoms with van der Waals surface area (Å²) in [6, 6.07) is 13.1. The molecule has 9 nitrogen and oxygen atoms in total. The third-order valence-corrected chi connectivity index (χ3v) is 7.15. The molecule has 3 rings (SSSR count). The summed E-state index contributed by atoms with van der Waals surface area (Å²) in [5.41, 5.74) is 1.73. The number of hydrogen-bond acceptors (Lipinski definition) is 7. The summed E-state index contributed by atoms with van der Waals surface area (Å²) in [6.07, 6.45) is 0.738. The number of anilines is 2. The molecule has 0 aliphatic rings. The number of aryl methyl sites for hydroxylation is 1. The second-order valence-corrected chi connectivity index (χ2v) is 9.96. The molecule has 3 N–H and O–H groups in total. The number of nitrogens with one attached hydrogen (secondary N) is 3. The van der Waals surface area contributed by atoms with Gasteiger partial charge >= 0.3 is 0 Å². The molecule has 168 valence electrons. The molecule has 2 amide bonds. The number of sulfonamides is 1. The van der Waals surface area contributed by atoms with Crippen LogP contribution in [0.3, 0.4) is 0 Å². The molecule has 0 spiro atoms. The number of carbonyl (C=O) groups is 2. The van der Waals surface area contributed by atoms with Crippen LogP contribution in [0.1, 0.15) is 46.5 Å². The molecule has 0 fully saturated rings. The van der Waals surface area contributed by atoms with Gasteiger partial charge in [0.2, 0.25) is 5.13 Å². The first kappa shape index (κ1) is 23.4. The highest BCUT2D eigenvalue weighted by Gasteiger charge is 2.24. The van der Waals surface area contributed by atoms with Crippen molar-refractivity contribution >= 4 is 44.0 Å². The molecule has 2 aromatic carbocycles. The maximum atomic E-state index is 12.8. The summed E-state index contributed by atoms with van der Waals surface area (Å²) in [5, 5.41) is 12.8. The fourth-order valence-corrected chi connectivity index (χ4v) is 4.58. The number of aromatic nitrogens is 2. The molecule has 32 heavy (non-hydrogen) atoms. The largest absolute Gasteiger partial charge is 0.350 e. The molecule has 1 heterocycles. The minimum Gasteiger partial charge on any atom is -0.350 e. The third-order valence-electron chi connectivity index (χ3n) is 4.58. The van der Waals surface area contributed by atoms with Gasteiger partial charge in [-0.15, -0.1) is 10.2 Å². The Kier molecular flexibility index (Phi) is 7.21. The quantitative estimate of drug-likeness (QED) is 0.430. The van der Waals surface area contributed by atoms with Gasteiger partial charge < -0.3 is 5.32 Å². The van der Waals surface area contributed by atoms with Gasteiger partial charge in [-0.2, -0.15) is 8.42 Å². The summed E-state index contributed by atoms with van der Waals surface area (Å²) >= 11 is 0.709. The Morgan fingerprint density at radius 2 is 1.72 bits per heavy atom. The lowest BCUT2D eigenvalue weighted by Gasteiger charge is -2.14. The summed E-state index contributed by atoms with van der Waals surface area (Å²) in [5.74, 6) is -0.814. The predicted octanol–water partition coefficient (Wildman–Crippen LogP) is 3.43. The second-order valence-electron chi connectivity index (χ2n) is 7.13. The fraction of sp³-hybridized carbons (Fsp3) is 0.238. The summed E-state index contributed by atoms with van der Waals surface area (Å²) < 4.78 is 27.7. The van der Waals surface area contributed by atoms with Crippen LogP contribution in [0.4, 0.5) is 10.8 Å². The van der Waals surface area contributed by atoms with Crippen LogP contribution in [0.5, 0.6) is 0 Å². The van der Waals surface area contributed by atoms with Crippen molar-refractivity contribution in [2.45, 2.75) is 37.6 Å². The van der Waals surface area contributed by atoms with E-state index in [1.807, 2.05) is 20.8 Å². The van der Waals surface area contributed by atoms with Crippen LogP contribution in [0.25, 0.3) is 0 Å². The molecule has 0 unspecified atom stereocenters. The molecule has 1 atom stereocenters. The highest BCUT2D eigenvalue weighted by molar-refractivity contribution is 7.94. The molecular formula is C21H23N5O4S2. The monoisotopic (exact) mass is 473 g/mol. The van der Waals surface area contributed by atoms with Crippen molar-refractivity contribution in [2.75, 3.05) is 10.0 Å². The number of rotatable bonds is 8. The van der Waals surface area contributed by atoms with Gasteiger partial charge in [-0.05, 0) is 44.5 Å². The zero-order valence-electron chi connectivity index (χ0n) is 17.7. The molecule has 0 aliphatic carbocycles. The number of amides is 2. The third kappa shape index (κ3) is 5.68. The lowest BCUT2D eigenvalue weighted by Crippen LogP contribution is -2.32.